The second-order valence-corrected chi connectivity index (χ2v) is 5.74. The monoisotopic (exact) mass is 337 g/mol. The van der Waals surface area contributed by atoms with Gasteiger partial charge in [0.15, 0.2) is 5.82 Å². The SMILES string of the molecule is CC(C1CCCO1)n1nnnc1-c1cccc(N)c1Br. The second kappa shape index (κ2) is 5.49. The summed E-state index contributed by atoms with van der Waals surface area (Å²) in [7, 11) is 0. The third kappa shape index (κ3) is 2.31. The first-order chi connectivity index (χ1) is 9.68. The Hall–Kier alpha value is -1.47. The summed E-state index contributed by atoms with van der Waals surface area (Å²) in [4.78, 5) is 0. The van der Waals surface area contributed by atoms with Gasteiger partial charge in [0.05, 0.1) is 16.6 Å². The van der Waals surface area contributed by atoms with Crippen LogP contribution in [0.1, 0.15) is 25.8 Å². The first-order valence-corrected chi connectivity index (χ1v) is 7.41. The average molecular weight is 338 g/mol. The zero-order valence-corrected chi connectivity index (χ0v) is 12.7. The summed E-state index contributed by atoms with van der Waals surface area (Å²) in [6.07, 6.45) is 2.30. The van der Waals surface area contributed by atoms with Gasteiger partial charge >= 0.3 is 0 Å². The number of ether oxygens (including phenoxy) is 1. The number of aromatic nitrogens is 4. The Morgan fingerprint density at radius 2 is 2.35 bits per heavy atom. The fourth-order valence-corrected chi connectivity index (χ4v) is 2.95. The first-order valence-electron chi connectivity index (χ1n) is 6.62. The molecule has 2 unspecified atom stereocenters. The number of hydrogen-bond donors (Lipinski definition) is 1. The van der Waals surface area contributed by atoms with Gasteiger partial charge in [-0.25, -0.2) is 4.68 Å². The van der Waals surface area contributed by atoms with Crippen LogP contribution in [0.3, 0.4) is 0 Å². The van der Waals surface area contributed by atoms with E-state index in [1.165, 1.54) is 0 Å². The molecule has 3 rings (SSSR count). The molecule has 0 spiro atoms. The van der Waals surface area contributed by atoms with Crippen molar-refractivity contribution in [1.29, 1.82) is 0 Å². The molecule has 2 aromatic rings. The van der Waals surface area contributed by atoms with Gasteiger partial charge in [-0.1, -0.05) is 6.07 Å². The minimum absolute atomic E-state index is 0.0934. The Morgan fingerprint density at radius 3 is 3.10 bits per heavy atom. The van der Waals surface area contributed by atoms with Crippen molar-refractivity contribution in [3.05, 3.63) is 22.7 Å². The van der Waals surface area contributed by atoms with Crippen molar-refractivity contribution in [3.8, 4) is 11.4 Å². The molecular formula is C13H16BrN5O. The lowest BCUT2D eigenvalue weighted by Crippen LogP contribution is -2.22. The molecule has 1 aromatic carbocycles. The van der Waals surface area contributed by atoms with E-state index in [2.05, 4.69) is 38.4 Å². The van der Waals surface area contributed by atoms with Gasteiger partial charge in [-0.3, -0.25) is 0 Å². The highest BCUT2D eigenvalue weighted by molar-refractivity contribution is 9.10. The standard InChI is InChI=1S/C13H16BrN5O/c1-8(11-6-3-7-20-11)19-13(16-17-18-19)9-4-2-5-10(15)12(9)14/h2,4-5,8,11H,3,6-7,15H2,1H3. The summed E-state index contributed by atoms with van der Waals surface area (Å²) in [5.74, 6) is 0.701. The van der Waals surface area contributed by atoms with Crippen molar-refractivity contribution >= 4 is 21.6 Å². The minimum atomic E-state index is 0.0934. The van der Waals surface area contributed by atoms with Crippen molar-refractivity contribution in [3.63, 3.8) is 0 Å². The fraction of sp³-hybridized carbons (Fsp3) is 0.462. The summed E-state index contributed by atoms with van der Waals surface area (Å²) >= 11 is 3.50. The first kappa shape index (κ1) is 13.5. The Labute approximate surface area is 125 Å². The molecule has 106 valence electrons. The Morgan fingerprint density at radius 1 is 1.50 bits per heavy atom. The predicted molar refractivity (Wildman–Crippen MR) is 79.1 cm³/mol. The molecule has 1 aromatic heterocycles. The number of nitrogen functional groups attached to an aromatic ring is 1. The maximum Gasteiger partial charge on any atom is 0.183 e. The van der Waals surface area contributed by atoms with Crippen molar-refractivity contribution in [2.24, 2.45) is 0 Å². The van der Waals surface area contributed by atoms with Crippen molar-refractivity contribution in [1.82, 2.24) is 20.2 Å². The van der Waals surface area contributed by atoms with Gasteiger partial charge in [0.1, 0.15) is 0 Å². The third-order valence-corrected chi connectivity index (χ3v) is 4.54. The van der Waals surface area contributed by atoms with Gasteiger partial charge in [0.2, 0.25) is 0 Å². The van der Waals surface area contributed by atoms with Gasteiger partial charge in [0.25, 0.3) is 0 Å². The van der Waals surface area contributed by atoms with Gasteiger partial charge < -0.3 is 10.5 Å². The summed E-state index contributed by atoms with van der Waals surface area (Å²) in [5, 5.41) is 12.1. The van der Waals surface area contributed by atoms with Crippen molar-refractivity contribution in [2.45, 2.75) is 31.9 Å². The van der Waals surface area contributed by atoms with Crippen LogP contribution in [0.5, 0.6) is 0 Å². The number of anilines is 1. The van der Waals surface area contributed by atoms with Crippen LogP contribution in [0.4, 0.5) is 5.69 Å². The molecule has 1 saturated heterocycles. The van der Waals surface area contributed by atoms with Crippen LogP contribution in [0.25, 0.3) is 11.4 Å². The molecular weight excluding hydrogens is 322 g/mol. The summed E-state index contributed by atoms with van der Waals surface area (Å²) in [6, 6.07) is 5.78. The quantitative estimate of drug-likeness (QED) is 0.870. The van der Waals surface area contributed by atoms with Gasteiger partial charge in [-0.15, -0.1) is 5.10 Å². The molecule has 0 aliphatic carbocycles. The van der Waals surface area contributed by atoms with Gasteiger partial charge in [-0.2, -0.15) is 0 Å². The molecule has 20 heavy (non-hydrogen) atoms. The topological polar surface area (TPSA) is 78.8 Å². The highest BCUT2D eigenvalue weighted by Crippen LogP contribution is 2.33. The van der Waals surface area contributed by atoms with E-state index in [-0.39, 0.29) is 12.1 Å². The van der Waals surface area contributed by atoms with Crippen LogP contribution in [-0.2, 0) is 4.74 Å². The Balaban J connectivity index is 1.99. The van der Waals surface area contributed by atoms with E-state index in [0.29, 0.717) is 11.5 Å². The summed E-state index contributed by atoms with van der Waals surface area (Å²) in [6.45, 7) is 2.89. The second-order valence-electron chi connectivity index (χ2n) is 4.95. The van der Waals surface area contributed by atoms with Crippen LogP contribution < -0.4 is 5.73 Å². The number of halogens is 1. The van der Waals surface area contributed by atoms with Gasteiger partial charge in [0, 0.05) is 17.9 Å². The van der Waals surface area contributed by atoms with Crippen molar-refractivity contribution < 1.29 is 4.74 Å². The van der Waals surface area contributed by atoms with E-state index in [1.807, 2.05) is 22.9 Å². The molecule has 2 N–H and O–H groups in total. The van der Waals surface area contributed by atoms with E-state index in [4.69, 9.17) is 10.5 Å². The lowest BCUT2D eigenvalue weighted by Gasteiger charge is -2.19. The van der Waals surface area contributed by atoms with E-state index < -0.39 is 0 Å². The molecule has 1 aliphatic heterocycles. The molecule has 6 nitrogen and oxygen atoms in total. The molecule has 0 saturated carbocycles. The highest BCUT2D eigenvalue weighted by Gasteiger charge is 2.27. The van der Waals surface area contributed by atoms with Crippen LogP contribution in [0.15, 0.2) is 22.7 Å². The van der Waals surface area contributed by atoms with Crippen LogP contribution in [-0.4, -0.2) is 32.9 Å². The molecule has 7 heteroatoms. The molecule has 1 fully saturated rings. The van der Waals surface area contributed by atoms with Crippen LogP contribution in [0, 0.1) is 0 Å². The van der Waals surface area contributed by atoms with Crippen LogP contribution >= 0.6 is 15.9 Å². The molecule has 0 bridgehead atoms. The number of tetrazole rings is 1. The van der Waals surface area contributed by atoms with E-state index >= 15 is 0 Å². The van der Waals surface area contributed by atoms with E-state index in [9.17, 15) is 0 Å². The average Bonchev–Trinajstić information content (AvgIpc) is 3.11. The predicted octanol–water partition coefficient (Wildman–Crippen LogP) is 2.42. The number of nitrogens with two attached hydrogens (primary N) is 1. The molecule has 0 radical (unpaired) electrons. The maximum atomic E-state index is 5.93. The molecule has 1 aliphatic rings. The molecule has 2 atom stereocenters. The summed E-state index contributed by atoms with van der Waals surface area (Å²) in [5.41, 5.74) is 7.48. The molecule has 2 heterocycles. The number of hydrogen-bond acceptors (Lipinski definition) is 5. The Bertz CT molecular complexity index is 609. The van der Waals surface area contributed by atoms with Crippen LogP contribution in [0.2, 0.25) is 0 Å². The van der Waals surface area contributed by atoms with E-state index in [1.54, 1.807) is 0 Å². The Kier molecular flexibility index (Phi) is 3.71. The maximum absolute atomic E-state index is 5.93. The zero-order valence-electron chi connectivity index (χ0n) is 11.2. The lowest BCUT2D eigenvalue weighted by atomic mass is 10.1. The van der Waals surface area contributed by atoms with E-state index in [0.717, 1.165) is 29.5 Å². The lowest BCUT2D eigenvalue weighted by molar-refractivity contribution is 0.0690. The minimum Gasteiger partial charge on any atom is -0.398 e. The number of nitrogens with zero attached hydrogens (tertiary/aromatic N) is 4. The normalized spacial score (nSPS) is 20.2. The number of benzene rings is 1. The zero-order chi connectivity index (χ0) is 14.1. The largest absolute Gasteiger partial charge is 0.398 e. The van der Waals surface area contributed by atoms with Gasteiger partial charge in [-0.05, 0) is 58.3 Å². The summed E-state index contributed by atoms with van der Waals surface area (Å²) < 4.78 is 8.36. The van der Waals surface area contributed by atoms with Crippen molar-refractivity contribution in [2.75, 3.05) is 12.3 Å². The number of rotatable bonds is 3. The highest BCUT2D eigenvalue weighted by atomic mass is 79.9. The fourth-order valence-electron chi connectivity index (χ4n) is 2.51. The third-order valence-electron chi connectivity index (χ3n) is 3.65. The molecule has 0 amide bonds. The smallest absolute Gasteiger partial charge is 0.183 e.